The van der Waals surface area contributed by atoms with E-state index < -0.39 is 5.91 Å². The van der Waals surface area contributed by atoms with Crippen molar-refractivity contribution in [3.8, 4) is 11.1 Å². The Bertz CT molecular complexity index is 867. The third kappa shape index (κ3) is 1.86. The van der Waals surface area contributed by atoms with E-state index in [0.29, 0.717) is 5.56 Å². The molecule has 1 aromatic carbocycles. The van der Waals surface area contributed by atoms with E-state index in [1.165, 1.54) is 0 Å². The standard InChI is InChI=1S/C14H14N6O/c1-6-2-3-9-7(5-19-20-9)10(6)8-4-18-13(16)11(12(8)15)14(17)21/h2-5H,1H3,(H2,17,21)(H,19,20)(H4,15,16,18). The number of nitrogens with two attached hydrogens (primary N) is 3. The lowest BCUT2D eigenvalue weighted by Gasteiger charge is -2.13. The molecule has 0 unspecified atom stereocenters. The van der Waals surface area contributed by atoms with Crippen molar-refractivity contribution in [3.63, 3.8) is 0 Å². The van der Waals surface area contributed by atoms with Gasteiger partial charge in [-0.15, -0.1) is 0 Å². The van der Waals surface area contributed by atoms with Crippen LogP contribution >= 0.6 is 0 Å². The van der Waals surface area contributed by atoms with E-state index in [9.17, 15) is 4.79 Å². The Morgan fingerprint density at radius 3 is 2.71 bits per heavy atom. The van der Waals surface area contributed by atoms with Crippen LogP contribution in [0.2, 0.25) is 0 Å². The third-order valence-electron chi connectivity index (χ3n) is 3.50. The molecule has 0 fully saturated rings. The predicted octanol–water partition coefficient (Wildman–Crippen LogP) is 1.20. The first-order valence-electron chi connectivity index (χ1n) is 6.27. The number of rotatable bonds is 2. The van der Waals surface area contributed by atoms with Gasteiger partial charge < -0.3 is 17.2 Å². The van der Waals surface area contributed by atoms with Gasteiger partial charge in [-0.1, -0.05) is 6.07 Å². The summed E-state index contributed by atoms with van der Waals surface area (Å²) in [6, 6.07) is 3.87. The number of nitrogen functional groups attached to an aromatic ring is 2. The second kappa shape index (κ2) is 4.48. The minimum Gasteiger partial charge on any atom is -0.397 e. The monoisotopic (exact) mass is 282 g/mol. The number of aromatic nitrogens is 3. The molecule has 2 heterocycles. The number of amides is 1. The van der Waals surface area contributed by atoms with Gasteiger partial charge in [-0.25, -0.2) is 4.98 Å². The summed E-state index contributed by atoms with van der Waals surface area (Å²) in [5.41, 5.74) is 20.7. The average molecular weight is 282 g/mol. The first-order chi connectivity index (χ1) is 10.0. The number of fused-ring (bicyclic) bond motifs is 1. The van der Waals surface area contributed by atoms with Crippen LogP contribution in [0.15, 0.2) is 24.5 Å². The summed E-state index contributed by atoms with van der Waals surface area (Å²) in [5.74, 6) is -0.669. The number of carbonyl (C=O) groups is 1. The molecule has 1 amide bonds. The highest BCUT2D eigenvalue weighted by molar-refractivity contribution is 6.08. The lowest BCUT2D eigenvalue weighted by molar-refractivity contribution is 0.100. The molecule has 0 saturated heterocycles. The number of aryl methyl sites for hydroxylation is 1. The van der Waals surface area contributed by atoms with E-state index in [1.807, 2.05) is 19.1 Å². The van der Waals surface area contributed by atoms with Crippen molar-refractivity contribution < 1.29 is 4.79 Å². The number of primary amides is 1. The molecule has 0 aliphatic carbocycles. The predicted molar refractivity (Wildman–Crippen MR) is 81.4 cm³/mol. The van der Waals surface area contributed by atoms with E-state index >= 15 is 0 Å². The molecule has 0 aliphatic rings. The van der Waals surface area contributed by atoms with Crippen LogP contribution in [0.3, 0.4) is 0 Å². The summed E-state index contributed by atoms with van der Waals surface area (Å²) in [6.45, 7) is 1.95. The lowest BCUT2D eigenvalue weighted by atomic mass is 9.95. The first-order valence-corrected chi connectivity index (χ1v) is 6.27. The molecule has 21 heavy (non-hydrogen) atoms. The Kier molecular flexibility index (Phi) is 2.76. The first kappa shape index (κ1) is 12.9. The number of pyridine rings is 1. The number of aromatic amines is 1. The molecule has 0 bridgehead atoms. The van der Waals surface area contributed by atoms with Crippen molar-refractivity contribution >= 4 is 28.3 Å². The Balaban J connectivity index is 2.39. The second-order valence-corrected chi connectivity index (χ2v) is 4.80. The average Bonchev–Trinajstić information content (AvgIpc) is 2.88. The van der Waals surface area contributed by atoms with E-state index in [4.69, 9.17) is 17.2 Å². The molecule has 3 aromatic rings. The van der Waals surface area contributed by atoms with Crippen molar-refractivity contribution in [3.05, 3.63) is 35.7 Å². The third-order valence-corrected chi connectivity index (χ3v) is 3.50. The van der Waals surface area contributed by atoms with Gasteiger partial charge in [0.25, 0.3) is 5.91 Å². The number of hydrogen-bond acceptors (Lipinski definition) is 5. The molecule has 7 N–H and O–H groups in total. The van der Waals surface area contributed by atoms with Gasteiger partial charge >= 0.3 is 0 Å². The van der Waals surface area contributed by atoms with Crippen LogP contribution in [0.4, 0.5) is 11.5 Å². The highest BCUT2D eigenvalue weighted by Gasteiger charge is 2.19. The van der Waals surface area contributed by atoms with Crippen molar-refractivity contribution in [1.29, 1.82) is 0 Å². The summed E-state index contributed by atoms with van der Waals surface area (Å²) in [4.78, 5) is 15.6. The van der Waals surface area contributed by atoms with Crippen molar-refractivity contribution in [2.75, 3.05) is 11.5 Å². The highest BCUT2D eigenvalue weighted by Crippen LogP contribution is 2.36. The fraction of sp³-hybridized carbons (Fsp3) is 0.0714. The Labute approximate surface area is 120 Å². The fourth-order valence-corrected chi connectivity index (χ4v) is 2.48. The number of hydrogen-bond donors (Lipinski definition) is 4. The maximum Gasteiger partial charge on any atom is 0.254 e. The maximum absolute atomic E-state index is 11.5. The smallest absolute Gasteiger partial charge is 0.254 e. The highest BCUT2D eigenvalue weighted by atomic mass is 16.1. The molecule has 106 valence electrons. The molecule has 7 nitrogen and oxygen atoms in total. The van der Waals surface area contributed by atoms with Crippen LogP contribution in [0.25, 0.3) is 22.0 Å². The normalized spacial score (nSPS) is 10.9. The van der Waals surface area contributed by atoms with Gasteiger partial charge in [-0.05, 0) is 24.1 Å². The zero-order valence-corrected chi connectivity index (χ0v) is 11.3. The van der Waals surface area contributed by atoms with Crippen LogP contribution in [-0.2, 0) is 0 Å². The molecule has 7 heteroatoms. The van der Waals surface area contributed by atoms with Crippen molar-refractivity contribution in [2.45, 2.75) is 6.92 Å². The molecule has 3 rings (SSSR count). The Morgan fingerprint density at radius 1 is 1.24 bits per heavy atom. The molecule has 0 radical (unpaired) electrons. The number of nitrogens with one attached hydrogen (secondary N) is 1. The Hall–Kier alpha value is -3.09. The second-order valence-electron chi connectivity index (χ2n) is 4.80. The minimum absolute atomic E-state index is 0.0285. The van der Waals surface area contributed by atoms with Crippen LogP contribution in [0, 0.1) is 6.92 Å². The molecule has 0 saturated carbocycles. The SMILES string of the molecule is Cc1ccc2[nH]ncc2c1-c1cnc(N)c(C(N)=O)c1N. The summed E-state index contributed by atoms with van der Waals surface area (Å²) in [6.07, 6.45) is 3.25. The molecule has 2 aromatic heterocycles. The van der Waals surface area contributed by atoms with Gasteiger partial charge in [-0.3, -0.25) is 9.89 Å². The summed E-state index contributed by atoms with van der Waals surface area (Å²) in [5, 5.41) is 7.82. The van der Waals surface area contributed by atoms with Gasteiger partial charge in [0.15, 0.2) is 0 Å². The van der Waals surface area contributed by atoms with Gasteiger partial charge in [0.1, 0.15) is 11.4 Å². The number of benzene rings is 1. The number of carbonyl (C=O) groups excluding carboxylic acids is 1. The van der Waals surface area contributed by atoms with E-state index in [2.05, 4.69) is 15.2 Å². The molecule has 0 aliphatic heterocycles. The van der Waals surface area contributed by atoms with E-state index in [0.717, 1.165) is 22.0 Å². The topological polar surface area (TPSA) is 137 Å². The minimum atomic E-state index is -0.698. The Morgan fingerprint density at radius 2 is 2.00 bits per heavy atom. The van der Waals surface area contributed by atoms with Gasteiger partial charge in [0.2, 0.25) is 0 Å². The molecule has 0 spiro atoms. The molecular formula is C14H14N6O. The molecular weight excluding hydrogens is 268 g/mol. The maximum atomic E-state index is 11.5. The summed E-state index contributed by atoms with van der Waals surface area (Å²) in [7, 11) is 0. The van der Waals surface area contributed by atoms with Gasteiger partial charge in [0, 0.05) is 17.1 Å². The van der Waals surface area contributed by atoms with Crippen molar-refractivity contribution in [2.24, 2.45) is 5.73 Å². The van der Waals surface area contributed by atoms with Crippen molar-refractivity contribution in [1.82, 2.24) is 15.2 Å². The van der Waals surface area contributed by atoms with Crippen LogP contribution in [-0.4, -0.2) is 21.1 Å². The number of anilines is 2. The fourth-order valence-electron chi connectivity index (χ4n) is 2.48. The van der Waals surface area contributed by atoms with Crippen LogP contribution < -0.4 is 17.2 Å². The summed E-state index contributed by atoms with van der Waals surface area (Å²) >= 11 is 0. The van der Waals surface area contributed by atoms with E-state index in [1.54, 1.807) is 12.4 Å². The molecule has 0 atom stereocenters. The summed E-state index contributed by atoms with van der Waals surface area (Å²) < 4.78 is 0. The lowest BCUT2D eigenvalue weighted by Crippen LogP contribution is -2.17. The van der Waals surface area contributed by atoms with Gasteiger partial charge in [-0.2, -0.15) is 5.10 Å². The number of H-pyrrole nitrogens is 1. The van der Waals surface area contributed by atoms with E-state index in [-0.39, 0.29) is 17.1 Å². The van der Waals surface area contributed by atoms with Crippen LogP contribution in [0.5, 0.6) is 0 Å². The quantitative estimate of drug-likeness (QED) is 0.559. The zero-order valence-electron chi connectivity index (χ0n) is 11.3. The van der Waals surface area contributed by atoms with Gasteiger partial charge in [0.05, 0.1) is 17.4 Å². The zero-order chi connectivity index (χ0) is 15.1. The number of nitrogens with zero attached hydrogens (tertiary/aromatic N) is 2. The van der Waals surface area contributed by atoms with Crippen LogP contribution in [0.1, 0.15) is 15.9 Å². The largest absolute Gasteiger partial charge is 0.397 e.